The van der Waals surface area contributed by atoms with Gasteiger partial charge in [0.15, 0.2) is 5.79 Å². The fourth-order valence-electron chi connectivity index (χ4n) is 4.00. The SMILES string of the molecule is COC(=O)CCCCC(=O)N[C@H]1CN(C(=O)OCc2ccccc2)C[C@@H]2OC(C)(C)O[C@H]12. The number of methoxy groups -OCH3 is 1. The Morgan fingerprint density at radius 2 is 1.81 bits per heavy atom. The Labute approximate surface area is 188 Å². The zero-order valence-corrected chi connectivity index (χ0v) is 18.9. The third kappa shape index (κ3) is 6.67. The van der Waals surface area contributed by atoms with Gasteiger partial charge in [-0.15, -0.1) is 0 Å². The number of nitrogens with one attached hydrogen (secondary N) is 1. The summed E-state index contributed by atoms with van der Waals surface area (Å²) in [6.07, 6.45) is 0.500. The highest BCUT2D eigenvalue weighted by Crippen LogP contribution is 2.33. The maximum Gasteiger partial charge on any atom is 0.410 e. The predicted molar refractivity (Wildman–Crippen MR) is 114 cm³/mol. The van der Waals surface area contributed by atoms with Gasteiger partial charge in [0, 0.05) is 19.4 Å². The van der Waals surface area contributed by atoms with Crippen LogP contribution in [0.15, 0.2) is 30.3 Å². The fraction of sp³-hybridized carbons (Fsp3) is 0.609. The van der Waals surface area contributed by atoms with Gasteiger partial charge >= 0.3 is 12.1 Å². The van der Waals surface area contributed by atoms with E-state index in [0.717, 1.165) is 5.56 Å². The third-order valence-corrected chi connectivity index (χ3v) is 5.51. The normalized spacial score (nSPS) is 23.8. The van der Waals surface area contributed by atoms with Crippen molar-refractivity contribution in [2.24, 2.45) is 0 Å². The van der Waals surface area contributed by atoms with Gasteiger partial charge in [0.05, 0.1) is 19.7 Å². The van der Waals surface area contributed by atoms with Gasteiger partial charge in [-0.2, -0.15) is 0 Å². The summed E-state index contributed by atoms with van der Waals surface area (Å²) >= 11 is 0. The summed E-state index contributed by atoms with van der Waals surface area (Å²) in [6, 6.07) is 9.03. The molecule has 32 heavy (non-hydrogen) atoms. The molecule has 0 saturated carbocycles. The number of nitrogens with zero attached hydrogens (tertiary/aromatic N) is 1. The van der Waals surface area contributed by atoms with E-state index in [4.69, 9.17) is 14.2 Å². The van der Waals surface area contributed by atoms with Crippen LogP contribution >= 0.6 is 0 Å². The van der Waals surface area contributed by atoms with Crippen LogP contribution in [0.5, 0.6) is 0 Å². The van der Waals surface area contributed by atoms with Gasteiger partial charge in [0.2, 0.25) is 5.91 Å². The minimum Gasteiger partial charge on any atom is -0.469 e. The Morgan fingerprint density at radius 1 is 1.09 bits per heavy atom. The lowest BCUT2D eigenvalue weighted by Gasteiger charge is -2.38. The summed E-state index contributed by atoms with van der Waals surface area (Å²) in [6.45, 7) is 4.39. The van der Waals surface area contributed by atoms with Gasteiger partial charge in [-0.25, -0.2) is 4.79 Å². The van der Waals surface area contributed by atoms with Crippen LogP contribution < -0.4 is 5.32 Å². The Hall–Kier alpha value is -2.65. The third-order valence-electron chi connectivity index (χ3n) is 5.51. The monoisotopic (exact) mass is 448 g/mol. The molecule has 2 aliphatic rings. The van der Waals surface area contributed by atoms with Crippen LogP contribution in [0.2, 0.25) is 0 Å². The van der Waals surface area contributed by atoms with Gasteiger partial charge in [0.25, 0.3) is 0 Å². The van der Waals surface area contributed by atoms with E-state index in [-0.39, 0.29) is 50.1 Å². The topological polar surface area (TPSA) is 103 Å². The van der Waals surface area contributed by atoms with E-state index in [1.54, 1.807) is 4.90 Å². The molecule has 0 spiro atoms. The molecule has 1 N–H and O–H groups in total. The molecular formula is C23H32N2O7. The summed E-state index contributed by atoms with van der Waals surface area (Å²) in [4.78, 5) is 38.0. The average molecular weight is 449 g/mol. The highest BCUT2D eigenvalue weighted by molar-refractivity contribution is 5.76. The number of hydrogen-bond acceptors (Lipinski definition) is 7. The van der Waals surface area contributed by atoms with Crippen LogP contribution in [-0.4, -0.2) is 67.1 Å². The van der Waals surface area contributed by atoms with E-state index in [1.807, 2.05) is 44.2 Å². The molecule has 0 aliphatic carbocycles. The van der Waals surface area contributed by atoms with E-state index < -0.39 is 17.9 Å². The van der Waals surface area contributed by atoms with Crippen molar-refractivity contribution in [2.75, 3.05) is 20.2 Å². The first-order valence-corrected chi connectivity index (χ1v) is 10.9. The van der Waals surface area contributed by atoms with E-state index >= 15 is 0 Å². The number of carbonyl (C=O) groups excluding carboxylic acids is 3. The van der Waals surface area contributed by atoms with Crippen LogP contribution in [-0.2, 0) is 35.1 Å². The molecule has 0 bridgehead atoms. The number of ether oxygens (including phenoxy) is 4. The Bertz CT molecular complexity index is 799. The molecule has 3 atom stereocenters. The average Bonchev–Trinajstić information content (AvgIpc) is 3.09. The maximum atomic E-state index is 12.7. The van der Waals surface area contributed by atoms with E-state index in [9.17, 15) is 14.4 Å². The molecule has 176 valence electrons. The van der Waals surface area contributed by atoms with Gasteiger partial charge in [-0.3, -0.25) is 9.59 Å². The van der Waals surface area contributed by atoms with Crippen molar-refractivity contribution < 1.29 is 33.3 Å². The molecule has 9 nitrogen and oxygen atoms in total. The first-order valence-electron chi connectivity index (χ1n) is 10.9. The lowest BCUT2D eigenvalue weighted by molar-refractivity contribution is -0.147. The van der Waals surface area contributed by atoms with Gasteiger partial charge in [0.1, 0.15) is 18.8 Å². The van der Waals surface area contributed by atoms with Crippen molar-refractivity contribution in [1.82, 2.24) is 10.2 Å². The molecule has 2 amide bonds. The molecule has 2 heterocycles. The lowest BCUT2D eigenvalue weighted by Crippen LogP contribution is -2.61. The van der Waals surface area contributed by atoms with Crippen molar-refractivity contribution in [3.8, 4) is 0 Å². The first kappa shape index (κ1) is 24.0. The van der Waals surface area contributed by atoms with E-state index in [0.29, 0.717) is 19.4 Å². The van der Waals surface area contributed by atoms with Crippen molar-refractivity contribution in [3.63, 3.8) is 0 Å². The zero-order valence-electron chi connectivity index (χ0n) is 18.9. The predicted octanol–water partition coefficient (Wildman–Crippen LogP) is 2.38. The molecule has 2 aliphatic heterocycles. The summed E-state index contributed by atoms with van der Waals surface area (Å²) in [5, 5.41) is 2.98. The summed E-state index contributed by atoms with van der Waals surface area (Å²) in [7, 11) is 1.34. The van der Waals surface area contributed by atoms with E-state index in [1.165, 1.54) is 7.11 Å². The molecule has 1 aromatic carbocycles. The Balaban J connectivity index is 1.56. The molecule has 0 unspecified atom stereocenters. The number of esters is 1. The fourth-order valence-corrected chi connectivity index (χ4v) is 4.00. The number of likely N-dealkylation sites (tertiary alicyclic amines) is 1. The summed E-state index contributed by atoms with van der Waals surface area (Å²) in [5.41, 5.74) is 0.897. The molecule has 3 rings (SSSR count). The van der Waals surface area contributed by atoms with Gasteiger partial charge in [-0.1, -0.05) is 30.3 Å². The highest BCUT2D eigenvalue weighted by Gasteiger charge is 2.50. The first-order chi connectivity index (χ1) is 15.3. The number of hydrogen-bond donors (Lipinski definition) is 1. The van der Waals surface area contributed by atoms with Gasteiger partial charge in [-0.05, 0) is 32.3 Å². The minimum absolute atomic E-state index is 0.161. The Morgan fingerprint density at radius 3 is 2.53 bits per heavy atom. The molecule has 1 aromatic rings. The summed E-state index contributed by atoms with van der Waals surface area (Å²) in [5.74, 6) is -1.25. The standard InChI is InChI=1S/C23H32N2O7/c1-23(2)31-18-14-25(22(28)30-15-16-9-5-4-6-10-16)13-17(21(18)32-23)24-19(26)11-7-8-12-20(27)29-3/h4-6,9-10,17-18,21H,7-8,11-15H2,1-3H3,(H,24,26)/t17-,18-,21+/m0/s1. The second kappa shape index (κ2) is 10.8. The smallest absolute Gasteiger partial charge is 0.410 e. The van der Waals surface area contributed by atoms with Crippen molar-refractivity contribution in [2.45, 2.75) is 70.2 Å². The van der Waals surface area contributed by atoms with Crippen molar-refractivity contribution in [3.05, 3.63) is 35.9 Å². The minimum atomic E-state index is -0.803. The number of fused-ring (bicyclic) bond motifs is 1. The van der Waals surface area contributed by atoms with Crippen LogP contribution in [0.25, 0.3) is 0 Å². The molecular weight excluding hydrogens is 416 g/mol. The maximum absolute atomic E-state index is 12.7. The van der Waals surface area contributed by atoms with Crippen LogP contribution in [0.3, 0.4) is 0 Å². The van der Waals surface area contributed by atoms with E-state index in [2.05, 4.69) is 10.1 Å². The number of unbranched alkanes of at least 4 members (excludes halogenated alkanes) is 1. The van der Waals surface area contributed by atoms with Crippen LogP contribution in [0.4, 0.5) is 4.79 Å². The molecule has 9 heteroatoms. The van der Waals surface area contributed by atoms with Crippen molar-refractivity contribution >= 4 is 18.0 Å². The molecule has 0 aromatic heterocycles. The van der Waals surface area contributed by atoms with Crippen LogP contribution in [0.1, 0.15) is 45.1 Å². The molecule has 2 saturated heterocycles. The highest BCUT2D eigenvalue weighted by atomic mass is 16.8. The molecule has 0 radical (unpaired) electrons. The van der Waals surface area contributed by atoms with Crippen molar-refractivity contribution in [1.29, 1.82) is 0 Å². The number of amides is 2. The number of rotatable bonds is 8. The number of benzene rings is 1. The molecule has 2 fully saturated rings. The quantitative estimate of drug-likeness (QED) is 0.481. The number of carbonyl (C=O) groups is 3. The second-order valence-corrected chi connectivity index (χ2v) is 8.54. The zero-order chi connectivity index (χ0) is 23.1. The lowest BCUT2D eigenvalue weighted by atomic mass is 9.99. The summed E-state index contributed by atoms with van der Waals surface area (Å²) < 4.78 is 22.1. The largest absolute Gasteiger partial charge is 0.469 e. The van der Waals surface area contributed by atoms with Gasteiger partial charge < -0.3 is 29.2 Å². The second-order valence-electron chi connectivity index (χ2n) is 8.54. The Kier molecular flexibility index (Phi) is 8.09. The van der Waals surface area contributed by atoms with Crippen LogP contribution in [0, 0.1) is 0 Å². The number of piperidine rings is 1.